The Morgan fingerprint density at radius 2 is 2.07 bits per heavy atom. The number of phenolic OH excluding ortho intramolecular Hbond substituents is 2. The second kappa shape index (κ2) is 5.41. The molecular weight excluding hydrogens is 190 g/mol. The summed E-state index contributed by atoms with van der Waals surface area (Å²) in [7, 11) is 0. The molecule has 0 unspecified atom stereocenters. The van der Waals surface area contributed by atoms with E-state index in [1.807, 2.05) is 13.8 Å². The molecule has 0 aromatic heterocycles. The average Bonchev–Trinajstić information content (AvgIpc) is 2.18. The maximum atomic E-state index is 9.50. The van der Waals surface area contributed by atoms with Crippen molar-refractivity contribution < 1.29 is 10.2 Å². The lowest BCUT2D eigenvalue weighted by atomic mass is 10.2. The first-order chi connectivity index (χ1) is 7.11. The first-order valence-corrected chi connectivity index (χ1v) is 4.95. The quantitative estimate of drug-likeness (QED) is 0.403. The number of rotatable bonds is 4. The van der Waals surface area contributed by atoms with Gasteiger partial charge in [0.1, 0.15) is 0 Å². The summed E-state index contributed by atoms with van der Waals surface area (Å²) >= 11 is 0. The molecule has 82 valence electrons. The maximum absolute atomic E-state index is 9.50. The number of aromatic hydroxyl groups is 2. The summed E-state index contributed by atoms with van der Waals surface area (Å²) in [5, 5.41) is 21.9. The summed E-state index contributed by atoms with van der Waals surface area (Å²) in [6.07, 6.45) is 2.07. The molecule has 1 aromatic carbocycles. The molecule has 0 radical (unpaired) electrons. The van der Waals surface area contributed by atoms with E-state index in [2.05, 4.69) is 11.4 Å². The van der Waals surface area contributed by atoms with E-state index in [0.717, 1.165) is 6.54 Å². The Bertz CT molecular complexity index is 355. The number of benzene rings is 1. The highest BCUT2D eigenvalue weighted by molar-refractivity contribution is 5.44. The number of para-hydroxylation sites is 1. The van der Waals surface area contributed by atoms with Crippen LogP contribution in [0, 0.1) is 0 Å². The molecule has 0 saturated heterocycles. The number of hydrogen-bond donors (Lipinski definition) is 3. The van der Waals surface area contributed by atoms with Crippen molar-refractivity contribution in [3.63, 3.8) is 0 Å². The molecule has 3 N–H and O–H groups in total. The largest absolute Gasteiger partial charge is 0.504 e. The van der Waals surface area contributed by atoms with Crippen LogP contribution in [-0.4, -0.2) is 16.8 Å². The lowest BCUT2D eigenvalue weighted by Gasteiger charge is -2.06. The van der Waals surface area contributed by atoms with Gasteiger partial charge in [0.25, 0.3) is 0 Å². The minimum Gasteiger partial charge on any atom is -0.504 e. The van der Waals surface area contributed by atoms with Crippen molar-refractivity contribution in [2.75, 3.05) is 6.54 Å². The smallest absolute Gasteiger partial charge is 0.161 e. The van der Waals surface area contributed by atoms with Crippen LogP contribution in [0.15, 0.2) is 29.8 Å². The van der Waals surface area contributed by atoms with Crippen LogP contribution in [0.2, 0.25) is 0 Å². The predicted octanol–water partition coefficient (Wildman–Crippen LogP) is 2.15. The van der Waals surface area contributed by atoms with Crippen LogP contribution in [-0.2, 0) is 6.54 Å². The van der Waals surface area contributed by atoms with Crippen molar-refractivity contribution in [2.24, 2.45) is 0 Å². The third kappa shape index (κ3) is 3.64. The van der Waals surface area contributed by atoms with Crippen molar-refractivity contribution >= 4 is 0 Å². The summed E-state index contributed by atoms with van der Waals surface area (Å²) in [6.45, 7) is 5.38. The SMILES string of the molecule is CC(C)=CCNCc1cccc(O)c1O. The summed E-state index contributed by atoms with van der Waals surface area (Å²) in [6, 6.07) is 4.96. The molecule has 0 heterocycles. The van der Waals surface area contributed by atoms with Gasteiger partial charge in [-0.1, -0.05) is 23.8 Å². The van der Waals surface area contributed by atoms with Crippen LogP contribution < -0.4 is 5.32 Å². The van der Waals surface area contributed by atoms with E-state index in [1.165, 1.54) is 11.6 Å². The maximum Gasteiger partial charge on any atom is 0.161 e. The second-order valence-corrected chi connectivity index (χ2v) is 3.70. The molecule has 0 aliphatic heterocycles. The van der Waals surface area contributed by atoms with Crippen LogP contribution in [0.1, 0.15) is 19.4 Å². The number of hydrogen-bond acceptors (Lipinski definition) is 3. The summed E-state index contributed by atoms with van der Waals surface area (Å²) < 4.78 is 0. The molecule has 0 atom stereocenters. The minimum absolute atomic E-state index is 0.0396. The Hall–Kier alpha value is -1.48. The van der Waals surface area contributed by atoms with Crippen molar-refractivity contribution in [2.45, 2.75) is 20.4 Å². The fourth-order valence-electron chi connectivity index (χ4n) is 1.20. The van der Waals surface area contributed by atoms with E-state index >= 15 is 0 Å². The first kappa shape index (κ1) is 11.6. The van der Waals surface area contributed by atoms with Gasteiger partial charge in [0, 0.05) is 18.7 Å². The highest BCUT2D eigenvalue weighted by atomic mass is 16.3. The molecule has 0 amide bonds. The van der Waals surface area contributed by atoms with Crippen molar-refractivity contribution in [1.29, 1.82) is 0 Å². The Morgan fingerprint density at radius 3 is 2.73 bits per heavy atom. The lowest BCUT2D eigenvalue weighted by molar-refractivity contribution is 0.398. The van der Waals surface area contributed by atoms with E-state index in [9.17, 15) is 10.2 Å². The van der Waals surface area contributed by atoms with E-state index in [1.54, 1.807) is 12.1 Å². The molecule has 3 heteroatoms. The van der Waals surface area contributed by atoms with Crippen molar-refractivity contribution in [1.82, 2.24) is 5.32 Å². The van der Waals surface area contributed by atoms with Gasteiger partial charge in [-0.15, -0.1) is 0 Å². The molecule has 1 rings (SSSR count). The van der Waals surface area contributed by atoms with Gasteiger partial charge < -0.3 is 15.5 Å². The van der Waals surface area contributed by atoms with Crippen molar-refractivity contribution in [3.8, 4) is 11.5 Å². The monoisotopic (exact) mass is 207 g/mol. The molecule has 1 aromatic rings. The zero-order chi connectivity index (χ0) is 11.3. The van der Waals surface area contributed by atoms with Gasteiger partial charge in [0.2, 0.25) is 0 Å². The normalized spacial score (nSPS) is 10.0. The van der Waals surface area contributed by atoms with Crippen LogP contribution in [0.4, 0.5) is 0 Å². The summed E-state index contributed by atoms with van der Waals surface area (Å²) in [5.41, 5.74) is 1.96. The summed E-state index contributed by atoms with van der Waals surface area (Å²) in [4.78, 5) is 0. The predicted molar refractivity (Wildman–Crippen MR) is 60.9 cm³/mol. The number of nitrogens with one attached hydrogen (secondary N) is 1. The fourth-order valence-corrected chi connectivity index (χ4v) is 1.20. The van der Waals surface area contributed by atoms with E-state index < -0.39 is 0 Å². The Balaban J connectivity index is 2.51. The average molecular weight is 207 g/mol. The molecule has 0 spiro atoms. The third-order valence-corrected chi connectivity index (χ3v) is 2.07. The van der Waals surface area contributed by atoms with Crippen LogP contribution in [0.25, 0.3) is 0 Å². The molecule has 0 aliphatic carbocycles. The lowest BCUT2D eigenvalue weighted by Crippen LogP contribution is -2.13. The number of allylic oxidation sites excluding steroid dienone is 1. The van der Waals surface area contributed by atoms with Crippen LogP contribution >= 0.6 is 0 Å². The van der Waals surface area contributed by atoms with Gasteiger partial charge in [-0.05, 0) is 19.9 Å². The van der Waals surface area contributed by atoms with Crippen molar-refractivity contribution in [3.05, 3.63) is 35.4 Å². The van der Waals surface area contributed by atoms with Gasteiger partial charge in [-0.25, -0.2) is 0 Å². The highest BCUT2D eigenvalue weighted by Gasteiger charge is 2.03. The van der Waals surface area contributed by atoms with E-state index in [4.69, 9.17) is 0 Å². The van der Waals surface area contributed by atoms with Gasteiger partial charge >= 0.3 is 0 Å². The first-order valence-electron chi connectivity index (χ1n) is 4.95. The Kier molecular flexibility index (Phi) is 4.18. The molecule has 0 bridgehead atoms. The molecular formula is C12H17NO2. The Labute approximate surface area is 90.1 Å². The third-order valence-electron chi connectivity index (χ3n) is 2.07. The summed E-state index contributed by atoms with van der Waals surface area (Å²) in [5.74, 6) is -0.112. The van der Waals surface area contributed by atoms with E-state index in [0.29, 0.717) is 12.1 Å². The van der Waals surface area contributed by atoms with Gasteiger partial charge in [-0.2, -0.15) is 0 Å². The topological polar surface area (TPSA) is 52.5 Å². The number of phenols is 2. The zero-order valence-electron chi connectivity index (χ0n) is 9.12. The van der Waals surface area contributed by atoms with Crippen LogP contribution in [0.5, 0.6) is 11.5 Å². The molecule has 3 nitrogen and oxygen atoms in total. The zero-order valence-corrected chi connectivity index (χ0v) is 9.12. The fraction of sp³-hybridized carbons (Fsp3) is 0.333. The standard InChI is InChI=1S/C12H17NO2/c1-9(2)6-7-13-8-10-4-3-5-11(14)12(10)15/h3-6,13-15H,7-8H2,1-2H3. The highest BCUT2D eigenvalue weighted by Crippen LogP contribution is 2.27. The second-order valence-electron chi connectivity index (χ2n) is 3.70. The van der Waals surface area contributed by atoms with Gasteiger partial charge in [-0.3, -0.25) is 0 Å². The van der Waals surface area contributed by atoms with E-state index in [-0.39, 0.29) is 11.5 Å². The molecule has 15 heavy (non-hydrogen) atoms. The Morgan fingerprint density at radius 1 is 1.33 bits per heavy atom. The van der Waals surface area contributed by atoms with Gasteiger partial charge in [0.15, 0.2) is 11.5 Å². The van der Waals surface area contributed by atoms with Gasteiger partial charge in [0.05, 0.1) is 0 Å². The molecule has 0 saturated carbocycles. The minimum atomic E-state index is -0.0727. The molecule has 0 fully saturated rings. The molecule has 0 aliphatic rings. The van der Waals surface area contributed by atoms with Crippen LogP contribution in [0.3, 0.4) is 0 Å².